The fraction of sp³-hybridized carbons (Fsp3) is 0.0400. The number of hydrogen-bond acceptors (Lipinski definition) is 3. The first-order valence-electron chi connectivity index (χ1n) is 9.20. The second-order valence-corrected chi connectivity index (χ2v) is 6.68. The number of nitriles is 1. The highest BCUT2D eigenvalue weighted by Gasteiger charge is 2.03. The first kappa shape index (κ1) is 18.2. The van der Waals surface area contributed by atoms with E-state index in [1.165, 1.54) is 10.8 Å². The first-order valence-corrected chi connectivity index (χ1v) is 9.20. The Hall–Kier alpha value is -4.19. The lowest BCUT2D eigenvalue weighted by Crippen LogP contribution is -2.16. The van der Waals surface area contributed by atoms with Crippen molar-refractivity contribution >= 4 is 23.6 Å². The van der Waals surface area contributed by atoms with Crippen molar-refractivity contribution in [1.82, 2.24) is 9.55 Å². The molecule has 1 aliphatic carbocycles. The Kier molecular flexibility index (Phi) is 4.90. The molecule has 0 amide bonds. The van der Waals surface area contributed by atoms with Gasteiger partial charge in [-0.3, -0.25) is 5.41 Å². The van der Waals surface area contributed by atoms with Gasteiger partial charge in [0.25, 0.3) is 0 Å². The molecule has 0 saturated heterocycles. The average molecular weight is 374 g/mol. The van der Waals surface area contributed by atoms with Crippen LogP contribution >= 0.6 is 0 Å². The van der Waals surface area contributed by atoms with Crippen LogP contribution in [0.2, 0.25) is 0 Å². The lowest BCUT2D eigenvalue weighted by Gasteiger charge is -1.92. The molecule has 0 atom stereocenters. The van der Waals surface area contributed by atoms with Gasteiger partial charge in [-0.25, -0.2) is 4.98 Å². The number of aromatic nitrogens is 2. The number of allylic oxidation sites excluding steroid dienone is 4. The normalized spacial score (nSPS) is 11.9. The fourth-order valence-electron chi connectivity index (χ4n) is 3.27. The number of rotatable bonds is 1. The van der Waals surface area contributed by atoms with E-state index in [2.05, 4.69) is 59.4 Å². The van der Waals surface area contributed by atoms with Gasteiger partial charge in [0.05, 0.1) is 0 Å². The van der Waals surface area contributed by atoms with Crippen molar-refractivity contribution in [2.45, 2.75) is 0 Å². The fourth-order valence-corrected chi connectivity index (χ4v) is 3.27. The molecule has 0 unspecified atom stereocenters. The van der Waals surface area contributed by atoms with Crippen molar-refractivity contribution in [2.75, 3.05) is 0 Å². The summed E-state index contributed by atoms with van der Waals surface area (Å²) in [6.07, 6.45) is 12.5. The van der Waals surface area contributed by atoms with Crippen LogP contribution in [0.25, 0.3) is 17.7 Å². The third kappa shape index (κ3) is 3.64. The molecule has 0 aliphatic heterocycles. The summed E-state index contributed by atoms with van der Waals surface area (Å²) in [5.41, 5.74) is 2.09. The summed E-state index contributed by atoms with van der Waals surface area (Å²) in [5, 5.41) is 21.2. The molecule has 29 heavy (non-hydrogen) atoms. The second kappa shape index (κ2) is 7.82. The van der Waals surface area contributed by atoms with Crippen LogP contribution in [-0.2, 0) is 7.05 Å². The van der Waals surface area contributed by atoms with E-state index in [1.807, 2.05) is 42.5 Å². The molecule has 4 heteroatoms. The van der Waals surface area contributed by atoms with Gasteiger partial charge in [-0.05, 0) is 21.2 Å². The van der Waals surface area contributed by atoms with Crippen molar-refractivity contribution in [3.05, 3.63) is 110 Å². The number of benzene rings is 2. The van der Waals surface area contributed by atoms with E-state index in [-0.39, 0.29) is 5.69 Å². The summed E-state index contributed by atoms with van der Waals surface area (Å²) < 4.78 is 1.71. The predicted molar refractivity (Wildman–Crippen MR) is 114 cm³/mol. The maximum atomic E-state index is 9.17. The van der Waals surface area contributed by atoms with E-state index in [1.54, 1.807) is 11.6 Å². The molecule has 2 aromatic carbocycles. The van der Waals surface area contributed by atoms with Crippen LogP contribution in [0.5, 0.6) is 0 Å². The number of nitrogens with zero attached hydrogens (tertiary/aromatic N) is 3. The second-order valence-electron chi connectivity index (χ2n) is 6.68. The molecule has 3 aromatic rings. The predicted octanol–water partition coefficient (Wildman–Crippen LogP) is 1.04. The van der Waals surface area contributed by atoms with Crippen molar-refractivity contribution in [3.63, 3.8) is 0 Å². The standard InChI is InChI=1S/C25H18N4/c1-29-24(17-27)23(16-26)28-25(29)22-14-10-19(11-15-22)7-6-18-8-12-21(13-9-18)20-4-2-3-5-20/h2-15,27H,1H3. The Morgan fingerprint density at radius 2 is 1.45 bits per heavy atom. The minimum atomic E-state index is 0.215. The third-order valence-electron chi connectivity index (χ3n) is 4.86. The molecule has 4 nitrogen and oxygen atoms in total. The van der Waals surface area contributed by atoms with E-state index >= 15 is 0 Å². The van der Waals surface area contributed by atoms with Crippen LogP contribution < -0.4 is 21.0 Å². The Balaban J connectivity index is 1.74. The van der Waals surface area contributed by atoms with Crippen molar-refractivity contribution < 1.29 is 0 Å². The molecule has 1 N–H and O–H groups in total. The average Bonchev–Trinajstić information content (AvgIpc) is 3.41. The van der Waals surface area contributed by atoms with E-state index in [9.17, 15) is 0 Å². The molecule has 138 valence electrons. The highest BCUT2D eigenvalue weighted by Crippen LogP contribution is 2.05. The van der Waals surface area contributed by atoms with Crippen molar-refractivity contribution in [3.8, 4) is 6.07 Å². The monoisotopic (exact) mass is 374 g/mol. The Morgan fingerprint density at radius 3 is 1.93 bits per heavy atom. The summed E-state index contributed by atoms with van der Waals surface area (Å²) in [7, 11) is 1.78. The van der Waals surface area contributed by atoms with Crippen LogP contribution in [0, 0.1) is 27.4 Å². The van der Waals surface area contributed by atoms with Crippen LogP contribution in [0.15, 0.2) is 72.8 Å². The maximum Gasteiger partial charge on any atom is 0.176 e. The molecule has 1 heterocycles. The minimum absolute atomic E-state index is 0.215. The molecule has 0 bridgehead atoms. The molecule has 0 spiro atoms. The Labute approximate surface area is 167 Å². The van der Waals surface area contributed by atoms with Gasteiger partial charge in [0.2, 0.25) is 0 Å². The van der Waals surface area contributed by atoms with Crippen LogP contribution in [0.1, 0.15) is 5.69 Å². The van der Waals surface area contributed by atoms with Crippen molar-refractivity contribution in [2.24, 2.45) is 7.05 Å². The Bertz CT molecular complexity index is 1510. The molecule has 0 saturated carbocycles. The highest BCUT2D eigenvalue weighted by atomic mass is 15.0. The van der Waals surface area contributed by atoms with E-state index in [0.29, 0.717) is 10.8 Å². The summed E-state index contributed by atoms with van der Waals surface area (Å²) in [5.74, 6) is 2.28. The lowest BCUT2D eigenvalue weighted by molar-refractivity contribution is 0.844. The maximum absolute atomic E-state index is 9.17. The summed E-state index contributed by atoms with van der Waals surface area (Å²) in [6, 6.07) is 18.5. The summed E-state index contributed by atoms with van der Waals surface area (Å²) in [6.45, 7) is 0. The van der Waals surface area contributed by atoms with Crippen molar-refractivity contribution in [1.29, 1.82) is 10.7 Å². The van der Waals surface area contributed by atoms with Crippen LogP contribution in [0.3, 0.4) is 0 Å². The van der Waals surface area contributed by atoms with Crippen LogP contribution in [-0.4, -0.2) is 15.4 Å². The van der Waals surface area contributed by atoms with E-state index < -0.39 is 0 Å². The van der Waals surface area contributed by atoms with E-state index in [4.69, 9.17) is 10.7 Å². The molecule has 1 aliphatic rings. The number of nitrogens with one attached hydrogen (secondary N) is 1. The van der Waals surface area contributed by atoms with Gasteiger partial charge < -0.3 is 4.57 Å². The van der Waals surface area contributed by atoms with Gasteiger partial charge >= 0.3 is 0 Å². The van der Waals surface area contributed by atoms with Gasteiger partial charge in [-0.1, -0.05) is 85.0 Å². The number of imidazole rings is 1. The first-order chi connectivity index (χ1) is 14.2. The molecular weight excluding hydrogens is 356 g/mol. The van der Waals surface area contributed by atoms with Gasteiger partial charge in [0.15, 0.2) is 5.69 Å². The van der Waals surface area contributed by atoms with Gasteiger partial charge in [0.1, 0.15) is 16.9 Å². The zero-order valence-electron chi connectivity index (χ0n) is 15.9. The minimum Gasteiger partial charge on any atom is -0.319 e. The number of hydrogen-bond donors (Lipinski definition) is 1. The van der Waals surface area contributed by atoms with Crippen LogP contribution in [0.4, 0.5) is 0 Å². The quantitative estimate of drug-likeness (QED) is 0.647. The molecule has 0 radical (unpaired) electrons. The third-order valence-corrected chi connectivity index (χ3v) is 4.86. The summed E-state index contributed by atoms with van der Waals surface area (Å²) >= 11 is 0. The smallest absolute Gasteiger partial charge is 0.176 e. The zero-order valence-corrected chi connectivity index (χ0v) is 15.9. The SMILES string of the molecule is Cn1c(=c2ccc(=CC=c3ccc(=C4C=CC=C4)cc3)cc2)nc(C#N)c1=C=N. The lowest BCUT2D eigenvalue weighted by atomic mass is 10.1. The zero-order chi connectivity index (χ0) is 20.2. The van der Waals surface area contributed by atoms with Gasteiger partial charge in [0, 0.05) is 18.1 Å². The molecule has 1 aromatic heterocycles. The largest absolute Gasteiger partial charge is 0.319 e. The topological polar surface area (TPSA) is 65.5 Å². The highest BCUT2D eigenvalue weighted by molar-refractivity contribution is 5.71. The molecule has 4 rings (SSSR count). The molecular formula is C25H18N4. The molecule has 0 fully saturated rings. The van der Waals surface area contributed by atoms with Gasteiger partial charge in [-0.2, -0.15) is 5.26 Å². The summed E-state index contributed by atoms with van der Waals surface area (Å²) in [4.78, 5) is 4.32. The van der Waals surface area contributed by atoms with Gasteiger partial charge in [-0.15, -0.1) is 0 Å². The van der Waals surface area contributed by atoms with E-state index in [0.717, 1.165) is 15.7 Å². The Morgan fingerprint density at radius 1 is 0.897 bits per heavy atom.